The zero-order valence-corrected chi connectivity index (χ0v) is 8.84. The molecular weight excluding hydrogens is 235 g/mol. The molecule has 1 aromatic carbocycles. The number of rotatable bonds is 2. The van der Waals surface area contributed by atoms with Crippen molar-refractivity contribution in [2.45, 2.75) is 0 Å². The van der Waals surface area contributed by atoms with Crippen LogP contribution in [0, 0.1) is 22.7 Å². The molecule has 0 bridgehead atoms. The molecule has 1 aromatic rings. The van der Waals surface area contributed by atoms with Crippen LogP contribution in [0.1, 0.15) is 0 Å². The fourth-order valence-electron chi connectivity index (χ4n) is 0.781. The Morgan fingerprint density at radius 2 is 1.93 bits per heavy atom. The number of hydrogen-bond donors (Lipinski definition) is 1. The second kappa shape index (κ2) is 5.21. The van der Waals surface area contributed by atoms with Crippen molar-refractivity contribution in [3.63, 3.8) is 0 Å². The summed E-state index contributed by atoms with van der Waals surface area (Å²) in [6, 6.07) is 8.13. The number of anilines is 1. The summed E-state index contributed by atoms with van der Waals surface area (Å²) < 4.78 is 0. The first-order valence-corrected chi connectivity index (χ1v) is 4.52. The van der Waals surface area contributed by atoms with Crippen LogP contribution >= 0.6 is 23.2 Å². The molecule has 0 spiro atoms. The Hall–Kier alpha value is -1.75. The standard InChI is InChI=1S/C9H4Cl2N4/c10-7-2-1-3-8(9(7)11)15-14-6(4-12)5-13/h1-3,15H. The van der Waals surface area contributed by atoms with Gasteiger partial charge >= 0.3 is 0 Å². The maximum absolute atomic E-state index is 8.43. The molecule has 0 atom stereocenters. The highest BCUT2D eigenvalue weighted by atomic mass is 35.5. The summed E-state index contributed by atoms with van der Waals surface area (Å²) in [4.78, 5) is 0. The third kappa shape index (κ3) is 2.85. The Morgan fingerprint density at radius 1 is 1.27 bits per heavy atom. The predicted molar refractivity (Wildman–Crippen MR) is 58.7 cm³/mol. The SMILES string of the molecule is N#CC(C#N)=NNc1cccc(Cl)c1Cl. The zero-order valence-electron chi connectivity index (χ0n) is 7.33. The zero-order chi connectivity index (χ0) is 11.3. The van der Waals surface area contributed by atoms with Crippen LogP contribution in [0.2, 0.25) is 10.0 Å². The average molecular weight is 239 g/mol. The molecule has 0 aromatic heterocycles. The van der Waals surface area contributed by atoms with E-state index >= 15 is 0 Å². The van der Waals surface area contributed by atoms with Gasteiger partial charge in [0.25, 0.3) is 0 Å². The summed E-state index contributed by atoms with van der Waals surface area (Å²) in [5.41, 5.74) is 2.63. The van der Waals surface area contributed by atoms with Crippen LogP contribution < -0.4 is 5.43 Å². The van der Waals surface area contributed by atoms with Gasteiger partial charge in [0.1, 0.15) is 12.1 Å². The van der Waals surface area contributed by atoms with E-state index in [-0.39, 0.29) is 10.7 Å². The first-order chi connectivity index (χ1) is 7.19. The molecule has 15 heavy (non-hydrogen) atoms. The summed E-state index contributed by atoms with van der Waals surface area (Å²) in [5, 5.41) is 21.0. The van der Waals surface area contributed by atoms with Crippen molar-refractivity contribution < 1.29 is 0 Å². The number of hydrogen-bond acceptors (Lipinski definition) is 4. The van der Waals surface area contributed by atoms with E-state index in [2.05, 4.69) is 10.5 Å². The quantitative estimate of drug-likeness (QED) is 0.637. The molecule has 0 fully saturated rings. The molecule has 0 aliphatic heterocycles. The summed E-state index contributed by atoms with van der Waals surface area (Å²) in [6.45, 7) is 0. The molecule has 0 aliphatic carbocycles. The van der Waals surface area contributed by atoms with Gasteiger partial charge in [0, 0.05) is 0 Å². The molecule has 0 saturated heterocycles. The molecule has 0 amide bonds. The number of benzene rings is 1. The first-order valence-electron chi connectivity index (χ1n) is 3.77. The highest BCUT2D eigenvalue weighted by Gasteiger charge is 2.03. The lowest BCUT2D eigenvalue weighted by molar-refractivity contribution is 1.34. The molecule has 1 N–H and O–H groups in total. The van der Waals surface area contributed by atoms with Crippen molar-refractivity contribution in [3.8, 4) is 12.1 Å². The Labute approximate surface area is 96.3 Å². The smallest absolute Gasteiger partial charge is 0.237 e. The number of halogens is 2. The lowest BCUT2D eigenvalue weighted by atomic mass is 10.3. The third-order valence-corrected chi connectivity index (χ3v) is 2.27. The van der Waals surface area contributed by atoms with E-state index in [1.54, 1.807) is 30.3 Å². The van der Waals surface area contributed by atoms with Gasteiger partial charge in [0.05, 0.1) is 15.7 Å². The lowest BCUT2D eigenvalue weighted by Gasteiger charge is -2.03. The van der Waals surface area contributed by atoms with Crippen LogP contribution in [0.25, 0.3) is 0 Å². The Morgan fingerprint density at radius 3 is 2.53 bits per heavy atom. The normalized spacial score (nSPS) is 8.53. The fraction of sp³-hybridized carbons (Fsp3) is 0. The molecule has 0 heterocycles. The van der Waals surface area contributed by atoms with Crippen LogP contribution in [0.15, 0.2) is 23.3 Å². The van der Waals surface area contributed by atoms with Crippen molar-refractivity contribution in [2.24, 2.45) is 5.10 Å². The summed E-state index contributed by atoms with van der Waals surface area (Å²) in [6.07, 6.45) is 0. The van der Waals surface area contributed by atoms with Gasteiger partial charge < -0.3 is 0 Å². The minimum atomic E-state index is -0.286. The van der Waals surface area contributed by atoms with Crippen LogP contribution in [-0.4, -0.2) is 5.71 Å². The van der Waals surface area contributed by atoms with E-state index in [0.717, 1.165) is 0 Å². The molecule has 0 aliphatic rings. The maximum atomic E-state index is 8.43. The van der Waals surface area contributed by atoms with Gasteiger partial charge in [0.15, 0.2) is 0 Å². The van der Waals surface area contributed by atoms with Crippen LogP contribution in [0.5, 0.6) is 0 Å². The molecule has 4 nitrogen and oxygen atoms in total. The van der Waals surface area contributed by atoms with Gasteiger partial charge in [-0.15, -0.1) is 0 Å². The fourth-order valence-corrected chi connectivity index (χ4v) is 1.12. The van der Waals surface area contributed by atoms with Crippen LogP contribution in [-0.2, 0) is 0 Å². The highest BCUT2D eigenvalue weighted by molar-refractivity contribution is 6.43. The maximum Gasteiger partial charge on any atom is 0.237 e. The van der Waals surface area contributed by atoms with E-state index in [4.69, 9.17) is 33.7 Å². The van der Waals surface area contributed by atoms with Gasteiger partial charge in [-0.25, -0.2) is 0 Å². The van der Waals surface area contributed by atoms with Crippen molar-refractivity contribution in [1.82, 2.24) is 0 Å². The van der Waals surface area contributed by atoms with Gasteiger partial charge in [-0.2, -0.15) is 15.6 Å². The topological polar surface area (TPSA) is 72.0 Å². The van der Waals surface area contributed by atoms with E-state index < -0.39 is 0 Å². The Balaban J connectivity index is 2.93. The lowest BCUT2D eigenvalue weighted by Crippen LogP contribution is -1.96. The Bertz CT molecular complexity index is 466. The highest BCUT2D eigenvalue weighted by Crippen LogP contribution is 2.29. The van der Waals surface area contributed by atoms with Crippen molar-refractivity contribution in [2.75, 3.05) is 5.43 Å². The average Bonchev–Trinajstić information content (AvgIpc) is 2.25. The van der Waals surface area contributed by atoms with E-state index in [1.165, 1.54) is 0 Å². The molecule has 0 radical (unpaired) electrons. The van der Waals surface area contributed by atoms with Crippen LogP contribution in [0.3, 0.4) is 0 Å². The third-order valence-electron chi connectivity index (χ3n) is 1.45. The summed E-state index contributed by atoms with van der Waals surface area (Å²) >= 11 is 11.6. The molecule has 1 rings (SSSR count). The summed E-state index contributed by atoms with van der Waals surface area (Å²) in [7, 11) is 0. The monoisotopic (exact) mass is 238 g/mol. The van der Waals surface area contributed by atoms with E-state index in [9.17, 15) is 0 Å². The number of nitrogens with zero attached hydrogens (tertiary/aromatic N) is 3. The minimum absolute atomic E-state index is 0.286. The van der Waals surface area contributed by atoms with Crippen molar-refractivity contribution in [3.05, 3.63) is 28.2 Å². The minimum Gasteiger partial charge on any atom is -0.275 e. The molecular formula is C9H4Cl2N4. The van der Waals surface area contributed by atoms with Gasteiger partial charge in [0.2, 0.25) is 5.71 Å². The van der Waals surface area contributed by atoms with Crippen molar-refractivity contribution >= 4 is 34.6 Å². The van der Waals surface area contributed by atoms with Crippen LogP contribution in [0.4, 0.5) is 5.69 Å². The summed E-state index contributed by atoms with van der Waals surface area (Å²) in [5.74, 6) is 0. The van der Waals surface area contributed by atoms with Gasteiger partial charge in [-0.3, -0.25) is 5.43 Å². The second-order valence-corrected chi connectivity index (χ2v) is 3.18. The van der Waals surface area contributed by atoms with E-state index in [0.29, 0.717) is 10.7 Å². The Kier molecular flexibility index (Phi) is 3.93. The van der Waals surface area contributed by atoms with Crippen molar-refractivity contribution in [1.29, 1.82) is 10.5 Å². The van der Waals surface area contributed by atoms with Gasteiger partial charge in [-0.1, -0.05) is 29.3 Å². The molecule has 6 heteroatoms. The number of hydrazone groups is 1. The van der Waals surface area contributed by atoms with E-state index in [1.807, 2.05) is 0 Å². The largest absolute Gasteiger partial charge is 0.275 e. The first kappa shape index (κ1) is 11.3. The number of nitrogens with one attached hydrogen (secondary N) is 1. The molecule has 74 valence electrons. The molecule has 0 unspecified atom stereocenters. The van der Waals surface area contributed by atoms with Gasteiger partial charge in [-0.05, 0) is 12.1 Å². The second-order valence-electron chi connectivity index (χ2n) is 2.40. The molecule has 0 saturated carbocycles. The number of nitriles is 2. The predicted octanol–water partition coefficient (Wildman–Crippen LogP) is 2.81.